The number of thiophene rings is 1. The molecule has 2 unspecified atom stereocenters. The molecule has 0 spiro atoms. The van der Waals surface area contributed by atoms with Gasteiger partial charge < -0.3 is 10.5 Å². The van der Waals surface area contributed by atoms with E-state index < -0.39 is 0 Å². The molecule has 1 aromatic carbocycles. The molecule has 0 fully saturated rings. The van der Waals surface area contributed by atoms with Gasteiger partial charge in [-0.2, -0.15) is 0 Å². The number of halogens is 3. The maximum atomic E-state index is 6.18. The third kappa shape index (κ3) is 3.68. The predicted molar refractivity (Wildman–Crippen MR) is 90.1 cm³/mol. The molecular weight excluding hydrogens is 381 g/mol. The van der Waals surface area contributed by atoms with Crippen molar-refractivity contribution in [1.29, 1.82) is 0 Å². The summed E-state index contributed by atoms with van der Waals surface area (Å²) in [6.07, 6.45) is 0.561. The van der Waals surface area contributed by atoms with Gasteiger partial charge >= 0.3 is 0 Å². The first-order valence-corrected chi connectivity index (χ1v) is 8.51. The summed E-state index contributed by atoms with van der Waals surface area (Å²) in [7, 11) is 0. The van der Waals surface area contributed by atoms with Crippen LogP contribution in [0.1, 0.15) is 24.3 Å². The van der Waals surface area contributed by atoms with Crippen LogP contribution in [0.5, 0.6) is 5.75 Å². The fourth-order valence-electron chi connectivity index (χ4n) is 1.76. The lowest BCUT2D eigenvalue weighted by molar-refractivity contribution is 0.175. The van der Waals surface area contributed by atoms with Gasteiger partial charge in [-0.05, 0) is 46.6 Å². The van der Waals surface area contributed by atoms with Crippen LogP contribution in [-0.2, 0) is 0 Å². The summed E-state index contributed by atoms with van der Waals surface area (Å²) in [6, 6.07) is 9.21. The largest absolute Gasteiger partial charge is 0.482 e. The van der Waals surface area contributed by atoms with Crippen molar-refractivity contribution in [2.75, 3.05) is 0 Å². The number of ether oxygens (including phenoxy) is 1. The van der Waals surface area contributed by atoms with Crippen molar-refractivity contribution in [1.82, 2.24) is 0 Å². The van der Waals surface area contributed by atoms with E-state index in [1.54, 1.807) is 23.5 Å². The SMILES string of the molecule is CCC(N)C(Oc1cccc(Cl)c1Cl)c1ccc(Br)s1. The fourth-order valence-corrected chi connectivity index (χ4v) is 3.63. The van der Waals surface area contributed by atoms with E-state index in [1.165, 1.54) is 0 Å². The highest BCUT2D eigenvalue weighted by Crippen LogP contribution is 2.37. The molecule has 2 N–H and O–H groups in total. The third-order valence-corrected chi connectivity index (χ3v) is 5.39. The molecule has 2 aromatic rings. The number of rotatable bonds is 5. The molecule has 0 aliphatic carbocycles. The van der Waals surface area contributed by atoms with Crippen LogP contribution < -0.4 is 10.5 Å². The van der Waals surface area contributed by atoms with Gasteiger partial charge in [0.2, 0.25) is 0 Å². The standard InChI is InChI=1S/C14H14BrCl2NOS/c1-2-9(18)14(11-6-7-12(15)20-11)19-10-5-3-4-8(16)13(10)17/h3-7,9,14H,2,18H2,1H3. The van der Waals surface area contributed by atoms with Crippen molar-refractivity contribution in [2.24, 2.45) is 5.73 Å². The molecule has 20 heavy (non-hydrogen) atoms. The van der Waals surface area contributed by atoms with E-state index in [0.717, 1.165) is 15.1 Å². The second-order valence-electron chi connectivity index (χ2n) is 4.30. The summed E-state index contributed by atoms with van der Waals surface area (Å²) in [5, 5.41) is 0.887. The molecule has 0 aliphatic rings. The van der Waals surface area contributed by atoms with Crippen molar-refractivity contribution >= 4 is 50.5 Å². The minimum atomic E-state index is -0.243. The molecule has 0 saturated carbocycles. The number of hydrogen-bond acceptors (Lipinski definition) is 3. The van der Waals surface area contributed by atoms with Crippen LogP contribution in [0.4, 0.5) is 0 Å². The van der Waals surface area contributed by atoms with Crippen LogP contribution >= 0.6 is 50.5 Å². The molecule has 6 heteroatoms. The topological polar surface area (TPSA) is 35.2 Å². The van der Waals surface area contributed by atoms with Crippen molar-refractivity contribution in [3.63, 3.8) is 0 Å². The van der Waals surface area contributed by atoms with Gasteiger partial charge in [0.15, 0.2) is 0 Å². The summed E-state index contributed by atoms with van der Waals surface area (Å²) < 4.78 is 7.07. The highest BCUT2D eigenvalue weighted by Gasteiger charge is 2.23. The molecule has 0 saturated heterocycles. The Kier molecular flexibility index (Phi) is 5.75. The Morgan fingerprint density at radius 1 is 1.30 bits per heavy atom. The lowest BCUT2D eigenvalue weighted by Crippen LogP contribution is -2.31. The first-order chi connectivity index (χ1) is 9.52. The number of nitrogens with two attached hydrogens (primary N) is 1. The highest BCUT2D eigenvalue weighted by atomic mass is 79.9. The smallest absolute Gasteiger partial charge is 0.148 e. The van der Waals surface area contributed by atoms with Gasteiger partial charge in [-0.15, -0.1) is 11.3 Å². The van der Waals surface area contributed by atoms with Crippen LogP contribution in [0.25, 0.3) is 0 Å². The zero-order valence-corrected chi connectivity index (χ0v) is 14.7. The summed E-state index contributed by atoms with van der Waals surface area (Å²) in [5.74, 6) is 0.553. The summed E-state index contributed by atoms with van der Waals surface area (Å²) in [4.78, 5) is 1.06. The fraction of sp³-hybridized carbons (Fsp3) is 0.286. The van der Waals surface area contributed by atoms with Crippen molar-refractivity contribution in [3.8, 4) is 5.75 Å². The average molecular weight is 395 g/mol. The van der Waals surface area contributed by atoms with E-state index in [0.29, 0.717) is 15.8 Å². The maximum absolute atomic E-state index is 6.18. The van der Waals surface area contributed by atoms with Gasteiger partial charge in [0.05, 0.1) is 8.81 Å². The molecular formula is C14H14BrCl2NOS. The minimum Gasteiger partial charge on any atom is -0.482 e. The Bertz CT molecular complexity index is 590. The van der Waals surface area contributed by atoms with Crippen LogP contribution in [0, 0.1) is 0 Å². The van der Waals surface area contributed by atoms with Gasteiger partial charge in [0.25, 0.3) is 0 Å². The van der Waals surface area contributed by atoms with Crippen LogP contribution in [0.3, 0.4) is 0 Å². The lowest BCUT2D eigenvalue weighted by Gasteiger charge is -2.24. The first kappa shape index (κ1) is 16.1. The first-order valence-electron chi connectivity index (χ1n) is 6.14. The second kappa shape index (κ2) is 7.14. The van der Waals surface area contributed by atoms with E-state index in [2.05, 4.69) is 15.9 Å². The molecule has 1 aromatic heterocycles. The Labute approximate surface area is 141 Å². The molecule has 0 aliphatic heterocycles. The molecule has 2 rings (SSSR count). The zero-order valence-electron chi connectivity index (χ0n) is 10.8. The zero-order chi connectivity index (χ0) is 14.7. The molecule has 2 atom stereocenters. The molecule has 2 nitrogen and oxygen atoms in total. The van der Waals surface area contributed by atoms with Gasteiger partial charge in [-0.1, -0.05) is 36.2 Å². The average Bonchev–Trinajstić information content (AvgIpc) is 2.86. The monoisotopic (exact) mass is 393 g/mol. The van der Waals surface area contributed by atoms with E-state index in [1.807, 2.05) is 25.1 Å². The van der Waals surface area contributed by atoms with Crippen LogP contribution in [-0.4, -0.2) is 6.04 Å². The lowest BCUT2D eigenvalue weighted by atomic mass is 10.1. The Balaban J connectivity index is 2.31. The molecule has 108 valence electrons. The second-order valence-corrected chi connectivity index (χ2v) is 7.58. The van der Waals surface area contributed by atoms with Gasteiger partial charge in [-0.3, -0.25) is 0 Å². The Hall–Kier alpha value is -0.260. The van der Waals surface area contributed by atoms with E-state index in [4.69, 9.17) is 33.7 Å². The number of benzene rings is 1. The molecule has 1 heterocycles. The van der Waals surface area contributed by atoms with E-state index in [9.17, 15) is 0 Å². The van der Waals surface area contributed by atoms with Gasteiger partial charge in [-0.25, -0.2) is 0 Å². The Morgan fingerprint density at radius 3 is 2.65 bits per heavy atom. The van der Waals surface area contributed by atoms with Crippen molar-refractivity contribution in [2.45, 2.75) is 25.5 Å². The van der Waals surface area contributed by atoms with E-state index >= 15 is 0 Å². The summed E-state index contributed by atoms with van der Waals surface area (Å²) >= 11 is 17.2. The molecule has 0 amide bonds. The third-order valence-electron chi connectivity index (χ3n) is 2.90. The number of hydrogen-bond donors (Lipinski definition) is 1. The summed E-state index contributed by atoms with van der Waals surface area (Å²) in [6.45, 7) is 2.03. The quantitative estimate of drug-likeness (QED) is 0.708. The van der Waals surface area contributed by atoms with Crippen molar-refractivity contribution in [3.05, 3.63) is 49.0 Å². The van der Waals surface area contributed by atoms with Crippen LogP contribution in [0.15, 0.2) is 34.1 Å². The molecule has 0 bridgehead atoms. The summed E-state index contributed by atoms with van der Waals surface area (Å²) in [5.41, 5.74) is 6.18. The van der Waals surface area contributed by atoms with Gasteiger partial charge in [0.1, 0.15) is 16.9 Å². The van der Waals surface area contributed by atoms with Crippen molar-refractivity contribution < 1.29 is 4.74 Å². The van der Waals surface area contributed by atoms with E-state index in [-0.39, 0.29) is 12.1 Å². The predicted octanol–water partition coefficient (Wildman–Crippen LogP) is 5.67. The normalized spacial score (nSPS) is 14.1. The maximum Gasteiger partial charge on any atom is 0.148 e. The van der Waals surface area contributed by atoms with Crippen LogP contribution in [0.2, 0.25) is 10.0 Å². The Morgan fingerprint density at radius 2 is 2.05 bits per heavy atom. The molecule has 0 radical (unpaired) electrons. The minimum absolute atomic E-state index is 0.115. The highest BCUT2D eigenvalue weighted by molar-refractivity contribution is 9.11. The van der Waals surface area contributed by atoms with Gasteiger partial charge in [0, 0.05) is 10.9 Å².